The first-order valence-corrected chi connectivity index (χ1v) is 6.50. The molecule has 4 nitrogen and oxygen atoms in total. The van der Waals surface area contributed by atoms with E-state index in [1.165, 1.54) is 0 Å². The molecule has 0 aliphatic heterocycles. The van der Waals surface area contributed by atoms with Gasteiger partial charge >= 0.3 is 0 Å². The molecule has 0 spiro atoms. The van der Waals surface area contributed by atoms with Crippen LogP contribution in [-0.4, -0.2) is 14.8 Å². The molecule has 1 heterocycles. The van der Waals surface area contributed by atoms with Crippen molar-refractivity contribution in [2.45, 2.75) is 26.4 Å². The Morgan fingerprint density at radius 1 is 1.17 bits per heavy atom. The molecule has 2 rings (SSSR count). The molecule has 0 atom stereocenters. The van der Waals surface area contributed by atoms with E-state index in [2.05, 4.69) is 17.1 Å². The SMILES string of the molecule is CCCn1c(CN)nnc1-c1cc(Cl)cc(Cl)c1. The highest BCUT2D eigenvalue weighted by molar-refractivity contribution is 6.35. The first-order chi connectivity index (χ1) is 8.65. The standard InChI is InChI=1S/C12H14Cl2N4/c1-2-3-18-11(7-15)16-17-12(18)8-4-9(13)6-10(14)5-8/h4-6H,2-3,7,15H2,1H3. The van der Waals surface area contributed by atoms with Gasteiger partial charge in [-0.3, -0.25) is 0 Å². The normalized spacial score (nSPS) is 10.9. The number of hydrogen-bond donors (Lipinski definition) is 1. The second-order valence-corrected chi connectivity index (χ2v) is 4.83. The molecule has 18 heavy (non-hydrogen) atoms. The van der Waals surface area contributed by atoms with Gasteiger partial charge in [0.25, 0.3) is 0 Å². The van der Waals surface area contributed by atoms with Crippen molar-refractivity contribution in [3.05, 3.63) is 34.1 Å². The van der Waals surface area contributed by atoms with E-state index < -0.39 is 0 Å². The van der Waals surface area contributed by atoms with Gasteiger partial charge in [0.2, 0.25) is 0 Å². The van der Waals surface area contributed by atoms with Crippen molar-refractivity contribution in [1.29, 1.82) is 0 Å². The lowest BCUT2D eigenvalue weighted by atomic mass is 10.2. The number of hydrogen-bond acceptors (Lipinski definition) is 3. The summed E-state index contributed by atoms with van der Waals surface area (Å²) in [5.41, 5.74) is 6.51. The van der Waals surface area contributed by atoms with E-state index in [1.54, 1.807) is 6.07 Å². The van der Waals surface area contributed by atoms with Crippen molar-refractivity contribution in [2.24, 2.45) is 5.73 Å². The Labute approximate surface area is 116 Å². The molecule has 0 fully saturated rings. The summed E-state index contributed by atoms with van der Waals surface area (Å²) in [5, 5.41) is 9.43. The minimum atomic E-state index is 0.362. The number of nitrogens with two attached hydrogens (primary N) is 1. The van der Waals surface area contributed by atoms with Gasteiger partial charge in [0.1, 0.15) is 5.82 Å². The summed E-state index contributed by atoms with van der Waals surface area (Å²) in [5.74, 6) is 1.52. The van der Waals surface area contributed by atoms with Crippen molar-refractivity contribution in [1.82, 2.24) is 14.8 Å². The van der Waals surface area contributed by atoms with Crippen molar-refractivity contribution >= 4 is 23.2 Å². The minimum Gasteiger partial charge on any atom is -0.324 e. The molecule has 6 heteroatoms. The van der Waals surface area contributed by atoms with Gasteiger partial charge in [-0.1, -0.05) is 30.1 Å². The lowest BCUT2D eigenvalue weighted by Crippen LogP contribution is -2.09. The second kappa shape index (κ2) is 5.69. The Morgan fingerprint density at radius 2 is 1.83 bits per heavy atom. The third-order valence-electron chi connectivity index (χ3n) is 2.58. The maximum absolute atomic E-state index is 6.00. The van der Waals surface area contributed by atoms with Crippen molar-refractivity contribution in [3.63, 3.8) is 0 Å². The van der Waals surface area contributed by atoms with Gasteiger partial charge in [-0.25, -0.2) is 0 Å². The summed E-state index contributed by atoms with van der Waals surface area (Å²) in [6.45, 7) is 3.27. The van der Waals surface area contributed by atoms with Gasteiger partial charge < -0.3 is 10.3 Å². The predicted molar refractivity (Wildman–Crippen MR) is 73.7 cm³/mol. The minimum absolute atomic E-state index is 0.362. The van der Waals surface area contributed by atoms with Crippen LogP contribution in [-0.2, 0) is 13.1 Å². The monoisotopic (exact) mass is 284 g/mol. The first-order valence-electron chi connectivity index (χ1n) is 5.74. The van der Waals surface area contributed by atoms with Crippen LogP contribution in [0.3, 0.4) is 0 Å². The number of benzene rings is 1. The number of rotatable bonds is 4. The molecule has 0 radical (unpaired) electrons. The third kappa shape index (κ3) is 2.66. The van der Waals surface area contributed by atoms with E-state index in [1.807, 2.05) is 16.7 Å². The topological polar surface area (TPSA) is 56.7 Å². The van der Waals surface area contributed by atoms with Gasteiger partial charge in [-0.05, 0) is 24.6 Å². The molecule has 0 unspecified atom stereocenters. The van der Waals surface area contributed by atoms with Crippen molar-refractivity contribution in [2.75, 3.05) is 0 Å². The molecule has 0 aliphatic rings. The van der Waals surface area contributed by atoms with E-state index in [9.17, 15) is 0 Å². The lowest BCUT2D eigenvalue weighted by Gasteiger charge is -2.08. The maximum Gasteiger partial charge on any atom is 0.164 e. The average molecular weight is 285 g/mol. The van der Waals surface area contributed by atoms with Crippen molar-refractivity contribution < 1.29 is 0 Å². The molecule has 0 aliphatic carbocycles. The largest absolute Gasteiger partial charge is 0.324 e. The molecule has 0 saturated heterocycles. The van der Waals surface area contributed by atoms with E-state index >= 15 is 0 Å². The zero-order chi connectivity index (χ0) is 13.1. The van der Waals surface area contributed by atoms with Gasteiger partial charge in [0.15, 0.2) is 5.82 Å². The molecule has 2 aromatic rings. The van der Waals surface area contributed by atoms with Gasteiger partial charge in [0.05, 0.1) is 6.54 Å². The molecule has 0 amide bonds. The van der Waals surface area contributed by atoms with Crippen LogP contribution in [0.1, 0.15) is 19.2 Å². The van der Waals surface area contributed by atoms with Crippen LogP contribution in [0.25, 0.3) is 11.4 Å². The highest BCUT2D eigenvalue weighted by Gasteiger charge is 2.13. The summed E-state index contributed by atoms with van der Waals surface area (Å²) in [4.78, 5) is 0. The highest BCUT2D eigenvalue weighted by atomic mass is 35.5. The fraction of sp³-hybridized carbons (Fsp3) is 0.333. The maximum atomic E-state index is 6.00. The first kappa shape index (κ1) is 13.3. The number of halogens is 2. The van der Waals surface area contributed by atoms with Crippen LogP contribution in [0.4, 0.5) is 0 Å². The van der Waals surface area contributed by atoms with Crippen LogP contribution < -0.4 is 5.73 Å². The molecule has 96 valence electrons. The summed E-state index contributed by atoms with van der Waals surface area (Å²) in [6.07, 6.45) is 0.979. The Kier molecular flexibility index (Phi) is 4.22. The number of aromatic nitrogens is 3. The second-order valence-electron chi connectivity index (χ2n) is 3.95. The Bertz CT molecular complexity index is 531. The van der Waals surface area contributed by atoms with Gasteiger partial charge in [-0.15, -0.1) is 10.2 Å². The van der Waals surface area contributed by atoms with Crippen molar-refractivity contribution in [3.8, 4) is 11.4 Å². The summed E-state index contributed by atoms with van der Waals surface area (Å²) < 4.78 is 2.00. The molecular weight excluding hydrogens is 271 g/mol. The number of nitrogens with zero attached hydrogens (tertiary/aromatic N) is 3. The quantitative estimate of drug-likeness (QED) is 0.939. The van der Waals surface area contributed by atoms with E-state index in [0.717, 1.165) is 30.2 Å². The van der Waals surface area contributed by atoms with Gasteiger partial charge in [0, 0.05) is 22.2 Å². The van der Waals surface area contributed by atoms with E-state index in [-0.39, 0.29) is 0 Å². The molecule has 1 aromatic carbocycles. The molecular formula is C12H14Cl2N4. The summed E-state index contributed by atoms with van der Waals surface area (Å²) in [7, 11) is 0. The van der Waals surface area contributed by atoms with Crippen LogP contribution in [0.15, 0.2) is 18.2 Å². The molecule has 0 bridgehead atoms. The smallest absolute Gasteiger partial charge is 0.164 e. The molecule has 2 N–H and O–H groups in total. The zero-order valence-electron chi connectivity index (χ0n) is 10.0. The van der Waals surface area contributed by atoms with E-state index in [4.69, 9.17) is 28.9 Å². The Hall–Kier alpha value is -1.10. The fourth-order valence-electron chi connectivity index (χ4n) is 1.84. The molecule has 0 saturated carbocycles. The van der Waals surface area contributed by atoms with Crippen LogP contribution in [0, 0.1) is 0 Å². The van der Waals surface area contributed by atoms with Crippen LogP contribution in [0.5, 0.6) is 0 Å². The summed E-state index contributed by atoms with van der Waals surface area (Å²) in [6, 6.07) is 5.34. The summed E-state index contributed by atoms with van der Waals surface area (Å²) >= 11 is 12.0. The fourth-order valence-corrected chi connectivity index (χ4v) is 2.37. The lowest BCUT2D eigenvalue weighted by molar-refractivity contribution is 0.644. The Morgan fingerprint density at radius 3 is 2.39 bits per heavy atom. The predicted octanol–water partition coefficient (Wildman–Crippen LogP) is 3.12. The van der Waals surface area contributed by atoms with Crippen LogP contribution >= 0.6 is 23.2 Å². The van der Waals surface area contributed by atoms with Crippen LogP contribution in [0.2, 0.25) is 10.0 Å². The third-order valence-corrected chi connectivity index (χ3v) is 3.01. The average Bonchev–Trinajstić information content (AvgIpc) is 2.71. The highest BCUT2D eigenvalue weighted by Crippen LogP contribution is 2.26. The Balaban J connectivity index is 2.52. The van der Waals surface area contributed by atoms with E-state index in [0.29, 0.717) is 16.6 Å². The molecule has 1 aromatic heterocycles. The van der Waals surface area contributed by atoms with Gasteiger partial charge in [-0.2, -0.15) is 0 Å². The zero-order valence-corrected chi connectivity index (χ0v) is 11.5.